The highest BCUT2D eigenvalue weighted by molar-refractivity contribution is 5.88. The lowest BCUT2D eigenvalue weighted by atomic mass is 9.98. The first-order chi connectivity index (χ1) is 10.0. The Balaban J connectivity index is 1.87. The predicted octanol–water partition coefficient (Wildman–Crippen LogP) is 1.03. The molecule has 1 fully saturated rings. The van der Waals surface area contributed by atoms with Gasteiger partial charge in [-0.05, 0) is 37.6 Å². The topological polar surface area (TPSA) is 82.5 Å². The number of pyridine rings is 1. The van der Waals surface area contributed by atoms with E-state index in [9.17, 15) is 14.7 Å². The number of carboxylic acid groups (broad SMARTS) is 1. The molecule has 2 N–H and O–H groups in total. The zero-order valence-electron chi connectivity index (χ0n) is 12.2. The van der Waals surface area contributed by atoms with Crippen LogP contribution in [0.25, 0.3) is 0 Å². The standard InChI is InChI=1S/C15H21N3O3/c1-18(10-12-4-8-16-9-5-12)11-13(19)17-15(14(20)21)6-2-3-7-15/h4-5,8-9H,2-3,6-7,10-11H2,1H3,(H,17,19)(H,20,21). The van der Waals surface area contributed by atoms with Gasteiger partial charge >= 0.3 is 5.97 Å². The van der Waals surface area contributed by atoms with E-state index in [1.54, 1.807) is 12.4 Å². The highest BCUT2D eigenvalue weighted by Crippen LogP contribution is 2.29. The van der Waals surface area contributed by atoms with Crippen molar-refractivity contribution in [2.45, 2.75) is 37.8 Å². The lowest BCUT2D eigenvalue weighted by Crippen LogP contribution is -2.54. The third kappa shape index (κ3) is 4.01. The van der Waals surface area contributed by atoms with Crippen molar-refractivity contribution in [3.63, 3.8) is 0 Å². The SMILES string of the molecule is CN(CC(=O)NC1(C(=O)O)CCCC1)Cc1ccncc1. The second-order valence-corrected chi connectivity index (χ2v) is 5.67. The zero-order chi connectivity index (χ0) is 15.3. The number of nitrogens with zero attached hydrogens (tertiary/aromatic N) is 2. The third-order valence-electron chi connectivity index (χ3n) is 3.86. The number of hydrogen-bond donors (Lipinski definition) is 2. The molecule has 0 unspecified atom stereocenters. The monoisotopic (exact) mass is 291 g/mol. The molecule has 1 saturated carbocycles. The number of hydrogen-bond acceptors (Lipinski definition) is 4. The predicted molar refractivity (Wildman–Crippen MR) is 77.5 cm³/mol. The molecule has 6 nitrogen and oxygen atoms in total. The molecule has 1 aromatic heterocycles. The largest absolute Gasteiger partial charge is 0.480 e. The molecule has 0 spiro atoms. The average molecular weight is 291 g/mol. The van der Waals surface area contributed by atoms with Gasteiger partial charge in [-0.3, -0.25) is 14.7 Å². The molecule has 1 aliphatic carbocycles. The van der Waals surface area contributed by atoms with Crippen molar-refractivity contribution >= 4 is 11.9 Å². The molecule has 1 heterocycles. The van der Waals surface area contributed by atoms with Crippen LogP contribution in [0.2, 0.25) is 0 Å². The smallest absolute Gasteiger partial charge is 0.329 e. The van der Waals surface area contributed by atoms with Gasteiger partial charge in [-0.15, -0.1) is 0 Å². The van der Waals surface area contributed by atoms with Crippen LogP contribution >= 0.6 is 0 Å². The van der Waals surface area contributed by atoms with E-state index >= 15 is 0 Å². The Kier molecular flexibility index (Phi) is 4.90. The van der Waals surface area contributed by atoms with E-state index in [0.717, 1.165) is 18.4 Å². The van der Waals surface area contributed by atoms with Crippen molar-refractivity contribution in [1.82, 2.24) is 15.2 Å². The highest BCUT2D eigenvalue weighted by Gasteiger charge is 2.42. The van der Waals surface area contributed by atoms with Gasteiger partial charge in [0.2, 0.25) is 5.91 Å². The Hall–Kier alpha value is -1.95. The summed E-state index contributed by atoms with van der Waals surface area (Å²) >= 11 is 0. The number of carbonyl (C=O) groups is 2. The van der Waals surface area contributed by atoms with Gasteiger partial charge in [0.25, 0.3) is 0 Å². The summed E-state index contributed by atoms with van der Waals surface area (Å²) in [6.45, 7) is 0.799. The zero-order valence-corrected chi connectivity index (χ0v) is 12.2. The van der Waals surface area contributed by atoms with Crippen LogP contribution in [-0.4, -0.2) is 46.0 Å². The number of aromatic nitrogens is 1. The molecule has 2 rings (SSSR count). The minimum atomic E-state index is -1.06. The fourth-order valence-electron chi connectivity index (χ4n) is 2.78. The summed E-state index contributed by atoms with van der Waals surface area (Å²) in [5, 5.41) is 12.1. The highest BCUT2D eigenvalue weighted by atomic mass is 16.4. The Morgan fingerprint density at radius 2 is 1.95 bits per heavy atom. The Morgan fingerprint density at radius 3 is 2.52 bits per heavy atom. The molecule has 0 aromatic carbocycles. The lowest BCUT2D eigenvalue weighted by Gasteiger charge is -2.26. The van der Waals surface area contributed by atoms with Gasteiger partial charge in [-0.2, -0.15) is 0 Å². The lowest BCUT2D eigenvalue weighted by molar-refractivity contribution is -0.147. The fourth-order valence-corrected chi connectivity index (χ4v) is 2.78. The van der Waals surface area contributed by atoms with Crippen LogP contribution in [0, 0.1) is 0 Å². The first kappa shape index (κ1) is 15.4. The molecule has 6 heteroatoms. The maximum atomic E-state index is 12.1. The van der Waals surface area contributed by atoms with Crippen LogP contribution in [0.4, 0.5) is 0 Å². The summed E-state index contributed by atoms with van der Waals surface area (Å²) in [5.74, 6) is -1.17. The first-order valence-corrected chi connectivity index (χ1v) is 7.14. The van der Waals surface area contributed by atoms with Gasteiger partial charge in [-0.25, -0.2) is 4.79 Å². The second kappa shape index (κ2) is 6.67. The molecule has 1 aliphatic rings. The number of carbonyl (C=O) groups excluding carboxylic acids is 1. The minimum absolute atomic E-state index is 0.178. The number of carboxylic acids is 1. The average Bonchev–Trinajstić information content (AvgIpc) is 2.89. The van der Waals surface area contributed by atoms with Crippen LogP contribution in [0.5, 0.6) is 0 Å². The summed E-state index contributed by atoms with van der Waals surface area (Å²) in [7, 11) is 1.84. The van der Waals surface area contributed by atoms with Crippen molar-refractivity contribution in [2.75, 3.05) is 13.6 Å². The van der Waals surface area contributed by atoms with Gasteiger partial charge < -0.3 is 10.4 Å². The maximum Gasteiger partial charge on any atom is 0.329 e. The van der Waals surface area contributed by atoms with Crippen LogP contribution in [0.1, 0.15) is 31.2 Å². The molecular formula is C15H21N3O3. The van der Waals surface area contributed by atoms with Crippen LogP contribution in [0.15, 0.2) is 24.5 Å². The number of aliphatic carboxylic acids is 1. The van der Waals surface area contributed by atoms with Crippen molar-refractivity contribution in [3.05, 3.63) is 30.1 Å². The van der Waals surface area contributed by atoms with Crippen LogP contribution in [-0.2, 0) is 16.1 Å². The molecular weight excluding hydrogens is 270 g/mol. The number of rotatable bonds is 6. The molecule has 1 amide bonds. The quantitative estimate of drug-likeness (QED) is 0.818. The summed E-state index contributed by atoms with van der Waals surface area (Å²) in [4.78, 5) is 29.3. The van der Waals surface area contributed by atoms with E-state index in [2.05, 4.69) is 10.3 Å². The maximum absolute atomic E-state index is 12.1. The molecule has 0 atom stereocenters. The molecule has 0 bridgehead atoms. The van der Waals surface area contributed by atoms with E-state index in [1.807, 2.05) is 24.1 Å². The molecule has 0 radical (unpaired) electrons. The van der Waals surface area contributed by atoms with Gasteiger partial charge in [0, 0.05) is 18.9 Å². The molecule has 21 heavy (non-hydrogen) atoms. The summed E-state index contributed by atoms with van der Waals surface area (Å²) < 4.78 is 0. The Bertz CT molecular complexity index is 498. The number of amides is 1. The number of nitrogens with one attached hydrogen (secondary N) is 1. The van der Waals surface area contributed by atoms with Gasteiger partial charge in [0.1, 0.15) is 5.54 Å². The van der Waals surface area contributed by atoms with Crippen molar-refractivity contribution in [1.29, 1.82) is 0 Å². The second-order valence-electron chi connectivity index (χ2n) is 5.67. The molecule has 1 aromatic rings. The van der Waals surface area contributed by atoms with E-state index in [4.69, 9.17) is 0 Å². The molecule has 114 valence electrons. The molecule has 0 saturated heterocycles. The van der Waals surface area contributed by atoms with Crippen molar-refractivity contribution in [2.24, 2.45) is 0 Å². The van der Waals surface area contributed by atoms with E-state index < -0.39 is 11.5 Å². The van der Waals surface area contributed by atoms with E-state index in [0.29, 0.717) is 19.4 Å². The summed E-state index contributed by atoms with van der Waals surface area (Å²) in [6, 6.07) is 3.79. The normalized spacial score (nSPS) is 16.9. The summed E-state index contributed by atoms with van der Waals surface area (Å²) in [6.07, 6.45) is 6.14. The fraction of sp³-hybridized carbons (Fsp3) is 0.533. The van der Waals surface area contributed by atoms with Gasteiger partial charge in [-0.1, -0.05) is 12.8 Å². The van der Waals surface area contributed by atoms with Gasteiger partial charge in [0.05, 0.1) is 6.54 Å². The Morgan fingerprint density at radius 1 is 1.33 bits per heavy atom. The molecule has 0 aliphatic heterocycles. The summed E-state index contributed by atoms with van der Waals surface area (Å²) in [5.41, 5.74) is 0.00307. The van der Waals surface area contributed by atoms with Gasteiger partial charge in [0.15, 0.2) is 0 Å². The van der Waals surface area contributed by atoms with E-state index in [1.165, 1.54) is 0 Å². The van der Waals surface area contributed by atoms with Crippen molar-refractivity contribution < 1.29 is 14.7 Å². The minimum Gasteiger partial charge on any atom is -0.480 e. The Labute approximate surface area is 124 Å². The third-order valence-corrected chi connectivity index (χ3v) is 3.86. The number of likely N-dealkylation sites (N-methyl/N-ethyl adjacent to an activating group) is 1. The van der Waals surface area contributed by atoms with Crippen LogP contribution < -0.4 is 5.32 Å². The van der Waals surface area contributed by atoms with Crippen molar-refractivity contribution in [3.8, 4) is 0 Å². The van der Waals surface area contributed by atoms with Crippen LogP contribution in [0.3, 0.4) is 0 Å². The first-order valence-electron chi connectivity index (χ1n) is 7.14. The van der Waals surface area contributed by atoms with E-state index in [-0.39, 0.29) is 12.5 Å².